The molecule has 72 valence electrons. The number of fused-ring (bicyclic) bond motifs is 1. The van der Waals surface area contributed by atoms with Crippen LogP contribution in [0.15, 0.2) is 23.8 Å². The van der Waals surface area contributed by atoms with Gasteiger partial charge in [-0.1, -0.05) is 6.08 Å². The summed E-state index contributed by atoms with van der Waals surface area (Å²) in [6, 6.07) is 0. The first-order valence-electron chi connectivity index (χ1n) is 4.29. The summed E-state index contributed by atoms with van der Waals surface area (Å²) in [5, 5.41) is 0. The third kappa shape index (κ3) is 1.52. The summed E-state index contributed by atoms with van der Waals surface area (Å²) in [6.45, 7) is 0.570. The Morgan fingerprint density at radius 2 is 2.54 bits per heavy atom. The third-order valence-corrected chi connectivity index (χ3v) is 2.24. The molecule has 13 heavy (non-hydrogen) atoms. The van der Waals surface area contributed by atoms with Gasteiger partial charge in [0, 0.05) is 0 Å². The van der Waals surface area contributed by atoms with Gasteiger partial charge < -0.3 is 15.2 Å². The van der Waals surface area contributed by atoms with Crippen molar-refractivity contribution in [1.82, 2.24) is 0 Å². The van der Waals surface area contributed by atoms with E-state index in [1.54, 1.807) is 12.2 Å². The van der Waals surface area contributed by atoms with Crippen LogP contribution in [0.5, 0.6) is 0 Å². The van der Waals surface area contributed by atoms with E-state index in [2.05, 4.69) is 0 Å². The molecule has 0 aromatic carbocycles. The highest BCUT2D eigenvalue weighted by Crippen LogP contribution is 2.34. The monoisotopic (exact) mass is 185 g/mol. The Labute approximate surface area is 76.0 Å². The second-order valence-corrected chi connectivity index (χ2v) is 3.16. The van der Waals surface area contributed by atoms with E-state index >= 15 is 0 Å². The van der Waals surface area contributed by atoms with Crippen molar-refractivity contribution in [3.05, 3.63) is 23.8 Å². The van der Waals surface area contributed by atoms with Crippen molar-refractivity contribution in [3.63, 3.8) is 0 Å². The van der Waals surface area contributed by atoms with Crippen molar-refractivity contribution in [2.24, 2.45) is 5.73 Å². The summed E-state index contributed by atoms with van der Waals surface area (Å²) in [4.78, 5) is 0. The highest BCUT2D eigenvalue weighted by Gasteiger charge is 2.44. The van der Waals surface area contributed by atoms with E-state index in [9.17, 15) is 4.39 Å². The first kappa shape index (κ1) is 8.87. The number of rotatable bonds is 2. The lowest BCUT2D eigenvalue weighted by Gasteiger charge is -2.22. The maximum absolute atomic E-state index is 13.7. The van der Waals surface area contributed by atoms with Crippen LogP contribution in [0.25, 0.3) is 0 Å². The van der Waals surface area contributed by atoms with Gasteiger partial charge in [-0.3, -0.25) is 0 Å². The summed E-state index contributed by atoms with van der Waals surface area (Å²) in [5.74, 6) is -1.75. The molecule has 2 rings (SSSR count). The van der Waals surface area contributed by atoms with Crippen molar-refractivity contribution in [2.45, 2.75) is 18.4 Å². The van der Waals surface area contributed by atoms with Crippen LogP contribution in [0.2, 0.25) is 0 Å². The number of ether oxygens (including phenoxy) is 2. The number of alkyl halides is 1. The highest BCUT2D eigenvalue weighted by molar-refractivity contribution is 5.30. The molecule has 4 heteroatoms. The predicted molar refractivity (Wildman–Crippen MR) is 45.6 cm³/mol. The highest BCUT2D eigenvalue weighted by atomic mass is 19.2. The Morgan fingerprint density at radius 1 is 1.69 bits per heavy atom. The zero-order chi connectivity index (χ0) is 9.31. The minimum atomic E-state index is -1.75. The maximum Gasteiger partial charge on any atom is 0.260 e. The molecule has 1 heterocycles. The van der Waals surface area contributed by atoms with Crippen LogP contribution >= 0.6 is 0 Å². The average Bonchev–Trinajstić information content (AvgIpc) is 2.47. The van der Waals surface area contributed by atoms with E-state index in [0.717, 1.165) is 12.0 Å². The van der Waals surface area contributed by atoms with Crippen LogP contribution in [0, 0.1) is 0 Å². The van der Waals surface area contributed by atoms with Gasteiger partial charge in [0.1, 0.15) is 6.10 Å². The zero-order valence-corrected chi connectivity index (χ0v) is 7.20. The molecule has 1 fully saturated rings. The second kappa shape index (κ2) is 3.21. The van der Waals surface area contributed by atoms with E-state index in [1.165, 1.54) is 6.08 Å². The van der Waals surface area contributed by atoms with Crippen molar-refractivity contribution >= 4 is 0 Å². The molecular weight excluding hydrogens is 173 g/mol. The fourth-order valence-corrected chi connectivity index (χ4v) is 1.50. The lowest BCUT2D eigenvalue weighted by atomic mass is 9.99. The first-order valence-corrected chi connectivity index (χ1v) is 4.29. The fourth-order valence-electron chi connectivity index (χ4n) is 1.50. The molecule has 1 saturated heterocycles. The maximum atomic E-state index is 13.7. The van der Waals surface area contributed by atoms with Gasteiger partial charge in [0.25, 0.3) is 5.85 Å². The molecule has 2 atom stereocenters. The van der Waals surface area contributed by atoms with Crippen LogP contribution in [0.1, 0.15) is 6.42 Å². The van der Waals surface area contributed by atoms with Gasteiger partial charge in [0.15, 0.2) is 6.79 Å². The second-order valence-electron chi connectivity index (χ2n) is 3.16. The minimum absolute atomic E-state index is 0.0118. The van der Waals surface area contributed by atoms with E-state index < -0.39 is 12.0 Å². The van der Waals surface area contributed by atoms with Crippen LogP contribution in [0.4, 0.5) is 4.39 Å². The zero-order valence-electron chi connectivity index (χ0n) is 7.20. The summed E-state index contributed by atoms with van der Waals surface area (Å²) in [6.07, 6.45) is 4.99. The van der Waals surface area contributed by atoms with Gasteiger partial charge in [0.05, 0.1) is 0 Å². The Balaban J connectivity index is 2.14. The summed E-state index contributed by atoms with van der Waals surface area (Å²) in [5.41, 5.74) is 6.39. The molecular formula is C9H12FNO2. The molecule has 2 aliphatic rings. The first-order chi connectivity index (χ1) is 6.24. The van der Waals surface area contributed by atoms with E-state index in [4.69, 9.17) is 15.2 Å². The molecule has 0 saturated carbocycles. The Bertz CT molecular complexity index is 264. The van der Waals surface area contributed by atoms with Gasteiger partial charge >= 0.3 is 0 Å². The number of halogens is 1. The molecule has 1 aliphatic carbocycles. The van der Waals surface area contributed by atoms with Gasteiger partial charge in [-0.25, -0.2) is 4.39 Å². The smallest absolute Gasteiger partial charge is 0.260 e. The minimum Gasteiger partial charge on any atom is -0.342 e. The molecule has 2 unspecified atom stereocenters. The molecule has 0 aromatic heterocycles. The van der Waals surface area contributed by atoms with Gasteiger partial charge in [-0.15, -0.1) is 0 Å². The lowest BCUT2D eigenvalue weighted by Crippen LogP contribution is -2.33. The molecule has 0 spiro atoms. The third-order valence-electron chi connectivity index (χ3n) is 2.24. The van der Waals surface area contributed by atoms with Gasteiger partial charge in [-0.05, 0) is 30.7 Å². The fraction of sp³-hybridized carbons (Fsp3) is 0.556. The molecule has 3 nitrogen and oxygen atoms in total. The molecule has 1 aliphatic heterocycles. The van der Waals surface area contributed by atoms with Gasteiger partial charge in [0.2, 0.25) is 0 Å². The normalized spacial score (nSPS) is 37.4. The number of nitrogens with two attached hydrogens (primary N) is 1. The standard InChI is InChI=1S/C9H12FNO2/c10-9-3-1-7(2-4-11)5-8(9)12-6-13-9/h1,3,5,8H,2,4,6,11H2. The predicted octanol–water partition coefficient (Wildman–Crippen LogP) is 0.870. The van der Waals surface area contributed by atoms with Crippen LogP contribution < -0.4 is 5.73 Å². The Hall–Kier alpha value is -0.710. The lowest BCUT2D eigenvalue weighted by molar-refractivity contribution is -0.0682. The van der Waals surface area contributed by atoms with Crippen molar-refractivity contribution in [1.29, 1.82) is 0 Å². The van der Waals surface area contributed by atoms with Crippen molar-refractivity contribution in [2.75, 3.05) is 13.3 Å². The summed E-state index contributed by atoms with van der Waals surface area (Å²) >= 11 is 0. The molecule has 0 bridgehead atoms. The van der Waals surface area contributed by atoms with Crippen molar-refractivity contribution in [3.8, 4) is 0 Å². The molecule has 0 amide bonds. The van der Waals surface area contributed by atoms with Crippen molar-refractivity contribution < 1.29 is 13.9 Å². The van der Waals surface area contributed by atoms with E-state index in [-0.39, 0.29) is 6.79 Å². The molecule has 0 aromatic rings. The van der Waals surface area contributed by atoms with E-state index in [0.29, 0.717) is 6.54 Å². The summed E-state index contributed by atoms with van der Waals surface area (Å²) < 4.78 is 23.6. The summed E-state index contributed by atoms with van der Waals surface area (Å²) in [7, 11) is 0. The molecule has 0 radical (unpaired) electrons. The Kier molecular flexibility index (Phi) is 2.19. The van der Waals surface area contributed by atoms with Crippen LogP contribution in [0.3, 0.4) is 0 Å². The number of hydrogen-bond donors (Lipinski definition) is 1. The van der Waals surface area contributed by atoms with Gasteiger partial charge in [-0.2, -0.15) is 0 Å². The number of allylic oxidation sites excluding steroid dienone is 1. The van der Waals surface area contributed by atoms with Crippen LogP contribution in [-0.2, 0) is 9.47 Å². The Morgan fingerprint density at radius 3 is 3.31 bits per heavy atom. The van der Waals surface area contributed by atoms with E-state index in [1.807, 2.05) is 0 Å². The topological polar surface area (TPSA) is 44.5 Å². The molecule has 2 N–H and O–H groups in total. The largest absolute Gasteiger partial charge is 0.342 e. The van der Waals surface area contributed by atoms with Crippen LogP contribution in [-0.4, -0.2) is 25.3 Å². The SMILES string of the molecule is NCCC1=CC2OCOC2(F)C=C1. The average molecular weight is 185 g/mol. The quantitative estimate of drug-likeness (QED) is 0.694. The number of hydrogen-bond acceptors (Lipinski definition) is 3.